The number of halogens is 1. The van der Waals surface area contributed by atoms with Gasteiger partial charge in [-0.05, 0) is 32.0 Å². The summed E-state index contributed by atoms with van der Waals surface area (Å²) in [5.41, 5.74) is 0.765. The molecule has 0 spiro atoms. The first kappa shape index (κ1) is 15.3. The molecule has 0 unspecified atom stereocenters. The van der Waals surface area contributed by atoms with Gasteiger partial charge in [0.2, 0.25) is 0 Å². The summed E-state index contributed by atoms with van der Waals surface area (Å²) in [6.45, 7) is 5.16. The van der Waals surface area contributed by atoms with E-state index in [0.29, 0.717) is 29.0 Å². The lowest BCUT2D eigenvalue weighted by atomic mass is 10.1. The zero-order chi connectivity index (χ0) is 15.6. The number of benzene rings is 1. The minimum absolute atomic E-state index is 0.169. The van der Waals surface area contributed by atoms with E-state index < -0.39 is 11.8 Å². The fourth-order valence-electron chi connectivity index (χ4n) is 2.14. The predicted molar refractivity (Wildman–Crippen MR) is 80.4 cm³/mol. The molecule has 0 aliphatic heterocycles. The van der Waals surface area contributed by atoms with Gasteiger partial charge in [-0.25, -0.2) is 4.79 Å². The first-order valence-corrected chi connectivity index (χ1v) is 6.97. The van der Waals surface area contributed by atoms with E-state index >= 15 is 0 Å². The highest BCUT2D eigenvalue weighted by atomic mass is 35.5. The normalized spacial score (nSPS) is 10.7. The third-order valence-corrected chi connectivity index (χ3v) is 3.44. The molecule has 2 rings (SSSR count). The second-order valence-electron chi connectivity index (χ2n) is 4.36. The van der Waals surface area contributed by atoms with E-state index in [1.807, 2.05) is 18.9 Å². The Morgan fingerprint density at radius 1 is 1.33 bits per heavy atom. The molecule has 1 aromatic carbocycles. The lowest BCUT2D eigenvalue weighted by Crippen LogP contribution is -2.38. The van der Waals surface area contributed by atoms with Crippen molar-refractivity contribution < 1.29 is 14.3 Å². The summed E-state index contributed by atoms with van der Waals surface area (Å²) >= 11 is 5.99. The average Bonchev–Trinajstić information content (AvgIpc) is 2.85. The highest BCUT2D eigenvalue weighted by Gasteiger charge is 2.27. The number of hydrogen-bond donors (Lipinski definition) is 0. The van der Waals surface area contributed by atoms with Crippen molar-refractivity contribution in [3.8, 4) is 0 Å². The molecule has 0 saturated carbocycles. The highest BCUT2D eigenvalue weighted by Crippen LogP contribution is 2.23. The molecule has 21 heavy (non-hydrogen) atoms. The second kappa shape index (κ2) is 6.13. The maximum absolute atomic E-state index is 12.3. The molecule has 1 aromatic heterocycles. The number of hydrogen-bond acceptors (Lipinski definition) is 5. The minimum Gasteiger partial charge on any atom is -0.463 e. The molecule has 1 heterocycles. The Labute approximate surface area is 127 Å². The first-order chi connectivity index (χ1) is 10.0. The third-order valence-electron chi connectivity index (χ3n) is 3.20. The minimum atomic E-state index is -0.926. The number of ketones is 1. The number of fused-ring (bicyclic) bond motifs is 1. The van der Waals surface area contributed by atoms with Gasteiger partial charge in [-0.2, -0.15) is 9.89 Å². The van der Waals surface area contributed by atoms with Gasteiger partial charge in [-0.1, -0.05) is 11.6 Å². The van der Waals surface area contributed by atoms with Gasteiger partial charge in [0.1, 0.15) is 5.69 Å². The molecule has 0 bridgehead atoms. The molecular formula is C14H16ClN3O3. The number of aromatic nitrogens is 2. The van der Waals surface area contributed by atoms with Crippen molar-refractivity contribution in [1.82, 2.24) is 9.89 Å². The van der Waals surface area contributed by atoms with Crippen molar-refractivity contribution in [2.24, 2.45) is 0 Å². The van der Waals surface area contributed by atoms with Crippen LogP contribution in [0.1, 0.15) is 24.3 Å². The van der Waals surface area contributed by atoms with E-state index in [0.717, 1.165) is 0 Å². The topological polar surface area (TPSA) is 64.4 Å². The van der Waals surface area contributed by atoms with E-state index in [1.165, 1.54) is 11.9 Å². The molecule has 7 heteroatoms. The molecule has 0 atom stereocenters. The van der Waals surface area contributed by atoms with Crippen molar-refractivity contribution in [2.45, 2.75) is 13.8 Å². The molecule has 0 N–H and O–H groups in total. The zero-order valence-electron chi connectivity index (χ0n) is 12.1. The monoisotopic (exact) mass is 309 g/mol. The maximum atomic E-state index is 12.3. The smallest absolute Gasteiger partial charge is 0.381 e. The number of methoxy groups -OCH3 is 1. The Hall–Kier alpha value is -2.08. The average molecular weight is 310 g/mol. The molecule has 112 valence electrons. The van der Waals surface area contributed by atoms with Crippen LogP contribution in [-0.2, 0) is 9.53 Å². The quantitative estimate of drug-likeness (QED) is 0.480. The van der Waals surface area contributed by atoms with Gasteiger partial charge in [0.25, 0.3) is 5.78 Å². The Morgan fingerprint density at radius 3 is 2.57 bits per heavy atom. The molecule has 0 aliphatic carbocycles. The van der Waals surface area contributed by atoms with Gasteiger partial charge in [0.15, 0.2) is 0 Å². The molecule has 6 nitrogen and oxygen atoms in total. The van der Waals surface area contributed by atoms with E-state index in [2.05, 4.69) is 9.84 Å². The Morgan fingerprint density at radius 2 is 2.00 bits per heavy atom. The predicted octanol–water partition coefficient (Wildman–Crippen LogP) is 2.02. The van der Waals surface area contributed by atoms with Gasteiger partial charge in [-0.3, -0.25) is 9.80 Å². The van der Waals surface area contributed by atoms with Gasteiger partial charge in [0, 0.05) is 23.5 Å². The second-order valence-corrected chi connectivity index (χ2v) is 4.80. The fraction of sp³-hybridized carbons (Fsp3) is 0.357. The van der Waals surface area contributed by atoms with Crippen LogP contribution < -0.4 is 5.01 Å². The SMILES string of the molecule is CCN(CC)n1nc2ccc(Cl)cc2c1C(=O)C(=O)OC. The van der Waals surface area contributed by atoms with E-state index in [9.17, 15) is 9.59 Å². The van der Waals surface area contributed by atoms with Crippen LogP contribution in [0, 0.1) is 0 Å². The molecular weight excluding hydrogens is 294 g/mol. The number of carbonyl (C=O) groups is 2. The van der Waals surface area contributed by atoms with Crippen molar-refractivity contribution in [1.29, 1.82) is 0 Å². The summed E-state index contributed by atoms with van der Waals surface area (Å²) in [4.78, 5) is 25.4. The van der Waals surface area contributed by atoms with Crippen LogP contribution in [0.3, 0.4) is 0 Å². The van der Waals surface area contributed by atoms with Crippen LogP contribution in [0.25, 0.3) is 10.9 Å². The molecule has 0 saturated heterocycles. The third kappa shape index (κ3) is 2.71. The number of rotatable bonds is 5. The van der Waals surface area contributed by atoms with Crippen molar-refractivity contribution in [3.63, 3.8) is 0 Å². The van der Waals surface area contributed by atoms with Crippen LogP contribution in [0.15, 0.2) is 18.2 Å². The van der Waals surface area contributed by atoms with Crippen LogP contribution in [0.5, 0.6) is 0 Å². The van der Waals surface area contributed by atoms with Crippen LogP contribution >= 0.6 is 11.6 Å². The van der Waals surface area contributed by atoms with Crippen LogP contribution in [0.4, 0.5) is 0 Å². The summed E-state index contributed by atoms with van der Waals surface area (Å²) < 4.78 is 4.54. The summed E-state index contributed by atoms with van der Waals surface area (Å²) in [5.74, 6) is -1.67. The number of carbonyl (C=O) groups excluding carboxylic acids is 2. The number of Topliss-reactive ketones (excluding diaryl/α,β-unsaturated/α-hetero) is 1. The van der Waals surface area contributed by atoms with Crippen molar-refractivity contribution in [3.05, 3.63) is 28.9 Å². The van der Waals surface area contributed by atoms with Crippen LogP contribution in [0.2, 0.25) is 5.02 Å². The Balaban J connectivity index is 2.72. The number of nitrogens with zero attached hydrogens (tertiary/aromatic N) is 3. The van der Waals surface area contributed by atoms with Gasteiger partial charge < -0.3 is 4.74 Å². The Kier molecular flexibility index (Phi) is 4.47. The van der Waals surface area contributed by atoms with E-state index in [4.69, 9.17) is 11.6 Å². The first-order valence-electron chi connectivity index (χ1n) is 6.59. The summed E-state index contributed by atoms with van der Waals surface area (Å²) in [6, 6.07) is 5.03. The highest BCUT2D eigenvalue weighted by molar-refractivity contribution is 6.42. The number of ether oxygens (including phenoxy) is 1. The summed E-state index contributed by atoms with van der Waals surface area (Å²) in [7, 11) is 1.17. The largest absolute Gasteiger partial charge is 0.463 e. The summed E-state index contributed by atoms with van der Waals surface area (Å²) in [5, 5.41) is 7.23. The molecule has 0 radical (unpaired) electrons. The fourth-order valence-corrected chi connectivity index (χ4v) is 2.32. The molecule has 0 aliphatic rings. The zero-order valence-corrected chi connectivity index (χ0v) is 12.8. The molecule has 0 fully saturated rings. The lowest BCUT2D eigenvalue weighted by molar-refractivity contribution is -0.135. The maximum Gasteiger partial charge on any atom is 0.381 e. The van der Waals surface area contributed by atoms with Gasteiger partial charge in [0.05, 0.1) is 12.6 Å². The van der Waals surface area contributed by atoms with Crippen molar-refractivity contribution in [2.75, 3.05) is 25.2 Å². The Bertz CT molecular complexity index is 692. The number of esters is 1. The molecule has 0 amide bonds. The lowest BCUT2D eigenvalue weighted by Gasteiger charge is -2.22. The summed E-state index contributed by atoms with van der Waals surface area (Å²) in [6.07, 6.45) is 0. The molecule has 2 aromatic rings. The van der Waals surface area contributed by atoms with Crippen molar-refractivity contribution >= 4 is 34.3 Å². The van der Waals surface area contributed by atoms with E-state index in [-0.39, 0.29) is 5.69 Å². The van der Waals surface area contributed by atoms with Gasteiger partial charge in [-0.15, -0.1) is 0 Å². The standard InChI is InChI=1S/C14H16ClN3O3/c1-4-17(5-2)18-12(13(19)14(20)21-3)10-8-9(15)6-7-11(10)16-18/h6-8H,4-5H2,1-3H3. The van der Waals surface area contributed by atoms with Gasteiger partial charge >= 0.3 is 5.97 Å². The van der Waals surface area contributed by atoms with E-state index in [1.54, 1.807) is 18.2 Å². The van der Waals surface area contributed by atoms with Crippen LogP contribution in [-0.4, -0.2) is 41.8 Å².